The number of fused-ring (bicyclic) bond motifs is 1. The number of benzene rings is 1. The lowest BCUT2D eigenvalue weighted by Gasteiger charge is -2.04. The number of aryl methyl sites for hydroxylation is 1. The molecule has 21 heavy (non-hydrogen) atoms. The summed E-state index contributed by atoms with van der Waals surface area (Å²) in [6.45, 7) is 2.81. The third-order valence-electron chi connectivity index (χ3n) is 3.18. The number of hydrogen-bond donors (Lipinski definition) is 0. The largest absolute Gasteiger partial charge is 0.292 e. The number of carbonyl (C=O) groups is 1. The molecule has 0 N–H and O–H groups in total. The van der Waals surface area contributed by atoms with Gasteiger partial charge in [-0.05, 0) is 18.6 Å². The number of nitrogens with zero attached hydrogens (tertiary/aromatic N) is 5. The predicted molar refractivity (Wildman–Crippen MR) is 77.9 cm³/mol. The predicted octanol–water partition coefficient (Wildman–Crippen LogP) is 2.06. The average Bonchev–Trinajstić information content (AvgIpc) is 2.94. The second-order valence-electron chi connectivity index (χ2n) is 4.74. The minimum Gasteiger partial charge on any atom is -0.292 e. The number of ketones is 1. The highest BCUT2D eigenvalue weighted by molar-refractivity contribution is 5.96. The number of carbonyl (C=O) groups excluding carboxylic acids is 1. The van der Waals surface area contributed by atoms with Gasteiger partial charge in [0.1, 0.15) is 17.8 Å². The molecule has 0 fully saturated rings. The molecule has 0 aliphatic carbocycles. The first kappa shape index (κ1) is 13.4. The lowest BCUT2D eigenvalue weighted by atomic mass is 10.2. The molecule has 0 aliphatic rings. The molecule has 0 atom stereocenters. The van der Waals surface area contributed by atoms with E-state index in [1.165, 1.54) is 12.5 Å². The fourth-order valence-corrected chi connectivity index (χ4v) is 2.15. The van der Waals surface area contributed by atoms with E-state index in [0.29, 0.717) is 11.5 Å². The monoisotopic (exact) mass is 281 g/mol. The number of para-hydroxylation sites is 2. The van der Waals surface area contributed by atoms with E-state index in [0.717, 1.165) is 24.0 Å². The van der Waals surface area contributed by atoms with Gasteiger partial charge in [0.15, 0.2) is 5.78 Å². The lowest BCUT2D eigenvalue weighted by molar-refractivity contribution is 0.0984. The van der Waals surface area contributed by atoms with Crippen LogP contribution in [0.4, 0.5) is 0 Å². The Kier molecular flexibility index (Phi) is 3.68. The van der Waals surface area contributed by atoms with Gasteiger partial charge in [-0.25, -0.2) is 14.6 Å². The van der Waals surface area contributed by atoms with Crippen LogP contribution >= 0.6 is 0 Å². The molecule has 0 bridgehead atoms. The van der Waals surface area contributed by atoms with E-state index in [-0.39, 0.29) is 12.2 Å². The topological polar surface area (TPSA) is 73.6 Å². The molecule has 0 saturated heterocycles. The van der Waals surface area contributed by atoms with E-state index >= 15 is 0 Å². The Bertz CT molecular complexity index is 780. The quantitative estimate of drug-likeness (QED) is 0.669. The fourth-order valence-electron chi connectivity index (χ4n) is 2.15. The van der Waals surface area contributed by atoms with Gasteiger partial charge in [-0.15, -0.1) is 0 Å². The molecule has 1 aromatic carbocycles. The van der Waals surface area contributed by atoms with Crippen LogP contribution in [0.2, 0.25) is 0 Å². The summed E-state index contributed by atoms with van der Waals surface area (Å²) < 4.78 is 1.76. The van der Waals surface area contributed by atoms with Gasteiger partial charge in [0.25, 0.3) is 0 Å². The van der Waals surface area contributed by atoms with Crippen molar-refractivity contribution < 1.29 is 4.79 Å². The summed E-state index contributed by atoms with van der Waals surface area (Å²) in [5.74, 6) is 0.565. The third-order valence-corrected chi connectivity index (χ3v) is 3.18. The van der Waals surface area contributed by atoms with Gasteiger partial charge in [-0.2, -0.15) is 5.10 Å². The smallest absolute Gasteiger partial charge is 0.190 e. The maximum Gasteiger partial charge on any atom is 0.190 e. The molecule has 106 valence electrons. The minimum absolute atomic E-state index is 0.0985. The van der Waals surface area contributed by atoms with E-state index in [1.54, 1.807) is 4.68 Å². The molecule has 2 heterocycles. The number of aromatic nitrogens is 5. The molecule has 2 aromatic heterocycles. The van der Waals surface area contributed by atoms with Gasteiger partial charge >= 0.3 is 0 Å². The highest BCUT2D eigenvalue weighted by atomic mass is 16.1. The van der Waals surface area contributed by atoms with E-state index in [4.69, 9.17) is 0 Å². The van der Waals surface area contributed by atoms with Gasteiger partial charge < -0.3 is 0 Å². The number of Topliss-reactive ketones (excluding diaryl/α,β-unsaturated/α-hetero) is 1. The van der Waals surface area contributed by atoms with Crippen LogP contribution in [-0.4, -0.2) is 30.5 Å². The van der Waals surface area contributed by atoms with Crippen LogP contribution in [0.3, 0.4) is 0 Å². The third kappa shape index (κ3) is 2.79. The summed E-state index contributed by atoms with van der Waals surface area (Å²) in [5, 5.41) is 4.12. The first-order valence-electron chi connectivity index (χ1n) is 6.89. The van der Waals surface area contributed by atoms with Crippen molar-refractivity contribution in [3.8, 4) is 0 Å². The van der Waals surface area contributed by atoms with Crippen molar-refractivity contribution in [2.45, 2.75) is 26.3 Å². The van der Waals surface area contributed by atoms with Crippen LogP contribution in [0.1, 0.15) is 29.7 Å². The Labute approximate surface area is 121 Å². The molecule has 3 aromatic rings. The van der Waals surface area contributed by atoms with Gasteiger partial charge in [-0.3, -0.25) is 9.78 Å². The zero-order valence-corrected chi connectivity index (χ0v) is 11.7. The second-order valence-corrected chi connectivity index (χ2v) is 4.74. The van der Waals surface area contributed by atoms with Crippen molar-refractivity contribution in [3.05, 3.63) is 48.3 Å². The van der Waals surface area contributed by atoms with Crippen molar-refractivity contribution in [2.75, 3.05) is 0 Å². The van der Waals surface area contributed by atoms with Crippen LogP contribution in [0.25, 0.3) is 11.0 Å². The van der Waals surface area contributed by atoms with Crippen molar-refractivity contribution in [1.82, 2.24) is 24.7 Å². The molecule has 0 aliphatic heterocycles. The Balaban J connectivity index is 1.84. The van der Waals surface area contributed by atoms with E-state index in [1.807, 2.05) is 24.3 Å². The Morgan fingerprint density at radius 3 is 2.81 bits per heavy atom. The van der Waals surface area contributed by atoms with Crippen LogP contribution in [0.15, 0.2) is 36.8 Å². The van der Waals surface area contributed by atoms with E-state index in [2.05, 4.69) is 27.0 Å². The molecular formula is C15H15N5O. The van der Waals surface area contributed by atoms with Crippen molar-refractivity contribution in [1.29, 1.82) is 0 Å². The highest BCUT2D eigenvalue weighted by Crippen LogP contribution is 2.10. The van der Waals surface area contributed by atoms with Crippen molar-refractivity contribution in [2.24, 2.45) is 0 Å². The summed E-state index contributed by atoms with van der Waals surface area (Å²) in [4.78, 5) is 25.1. The molecule has 0 saturated carbocycles. The summed E-state index contributed by atoms with van der Waals surface area (Å²) in [6, 6.07) is 7.49. The van der Waals surface area contributed by atoms with Crippen LogP contribution in [0.5, 0.6) is 0 Å². The molecule has 0 spiro atoms. The fraction of sp³-hybridized carbons (Fsp3) is 0.267. The van der Waals surface area contributed by atoms with Crippen LogP contribution < -0.4 is 0 Å². The Morgan fingerprint density at radius 1 is 1.19 bits per heavy atom. The lowest BCUT2D eigenvalue weighted by Crippen LogP contribution is -2.13. The normalized spacial score (nSPS) is 10.9. The molecule has 0 radical (unpaired) electrons. The number of rotatable bonds is 5. The molecule has 3 rings (SSSR count). The SMILES string of the molecule is CCCn1ncnc1CC(=O)c1cnc2ccccc2n1. The van der Waals surface area contributed by atoms with Gasteiger partial charge in [0, 0.05) is 6.54 Å². The number of hydrogen-bond acceptors (Lipinski definition) is 5. The molecular weight excluding hydrogens is 266 g/mol. The average molecular weight is 281 g/mol. The zero-order valence-electron chi connectivity index (χ0n) is 11.7. The first-order chi connectivity index (χ1) is 10.3. The maximum atomic E-state index is 12.3. The molecule has 0 unspecified atom stereocenters. The van der Waals surface area contributed by atoms with E-state index < -0.39 is 0 Å². The van der Waals surface area contributed by atoms with Crippen LogP contribution in [-0.2, 0) is 13.0 Å². The van der Waals surface area contributed by atoms with E-state index in [9.17, 15) is 4.79 Å². The Hall–Kier alpha value is -2.63. The second kappa shape index (κ2) is 5.78. The van der Waals surface area contributed by atoms with Gasteiger partial charge in [-0.1, -0.05) is 19.1 Å². The van der Waals surface area contributed by atoms with Crippen LogP contribution in [0, 0.1) is 0 Å². The van der Waals surface area contributed by atoms with Crippen molar-refractivity contribution >= 4 is 16.8 Å². The summed E-state index contributed by atoms with van der Waals surface area (Å²) in [5.41, 5.74) is 1.86. The summed E-state index contributed by atoms with van der Waals surface area (Å²) >= 11 is 0. The Morgan fingerprint density at radius 2 is 2.00 bits per heavy atom. The van der Waals surface area contributed by atoms with Crippen molar-refractivity contribution in [3.63, 3.8) is 0 Å². The highest BCUT2D eigenvalue weighted by Gasteiger charge is 2.14. The first-order valence-corrected chi connectivity index (χ1v) is 6.89. The zero-order chi connectivity index (χ0) is 14.7. The molecule has 6 nitrogen and oxygen atoms in total. The molecule has 6 heteroatoms. The molecule has 0 amide bonds. The van der Waals surface area contributed by atoms with Gasteiger partial charge in [0.05, 0.1) is 23.7 Å². The van der Waals surface area contributed by atoms with Gasteiger partial charge in [0.2, 0.25) is 0 Å². The summed E-state index contributed by atoms with van der Waals surface area (Å²) in [7, 11) is 0. The maximum absolute atomic E-state index is 12.3. The minimum atomic E-state index is -0.0985. The standard InChI is InChI=1S/C15H15N5O/c1-2-7-20-15(17-10-18-20)8-14(21)13-9-16-11-5-3-4-6-12(11)19-13/h3-6,9-10H,2,7-8H2,1H3. The summed E-state index contributed by atoms with van der Waals surface area (Å²) in [6.07, 6.45) is 4.13.